The maximum Gasteiger partial charge on any atom is 0.251 e. The smallest absolute Gasteiger partial charge is 0.251 e. The number of hydrogen-bond acceptors (Lipinski definition) is 5. The molecule has 188 valence electrons. The van der Waals surface area contributed by atoms with E-state index in [1.54, 1.807) is 47.2 Å². The number of nitrogens with one attached hydrogen (secondary N) is 1. The van der Waals surface area contributed by atoms with Crippen molar-refractivity contribution in [2.45, 2.75) is 12.5 Å². The van der Waals surface area contributed by atoms with Crippen molar-refractivity contribution in [3.63, 3.8) is 0 Å². The largest absolute Gasteiger partial charge is 0.340 e. The van der Waals surface area contributed by atoms with Crippen LogP contribution in [0.25, 0.3) is 27.8 Å². The van der Waals surface area contributed by atoms with E-state index >= 15 is 0 Å². The summed E-state index contributed by atoms with van der Waals surface area (Å²) >= 11 is 9.78. The van der Waals surface area contributed by atoms with E-state index in [0.717, 1.165) is 21.1 Å². The molecule has 0 saturated heterocycles. The van der Waals surface area contributed by atoms with Crippen LogP contribution in [0.4, 0.5) is 4.39 Å². The third-order valence-corrected chi connectivity index (χ3v) is 7.00. The summed E-state index contributed by atoms with van der Waals surface area (Å²) in [5, 5.41) is 11.9. The first kappa shape index (κ1) is 24.2. The van der Waals surface area contributed by atoms with Crippen LogP contribution in [0.15, 0.2) is 94.6 Å². The molecular formula is C27H18BrClFN7O. The Morgan fingerprint density at radius 3 is 2.63 bits per heavy atom. The fraction of sp³-hybridized carbons (Fsp3) is 0.0741. The Kier molecular flexibility index (Phi) is 6.34. The Bertz CT molecular complexity index is 1820. The molecule has 0 aliphatic rings. The van der Waals surface area contributed by atoms with Crippen molar-refractivity contribution in [2.75, 3.05) is 0 Å². The molecule has 0 spiro atoms. The van der Waals surface area contributed by atoms with Gasteiger partial charge in [0.2, 0.25) is 0 Å². The topological polar surface area (TPSA) is 94.3 Å². The van der Waals surface area contributed by atoms with Gasteiger partial charge in [-0.2, -0.15) is 4.68 Å². The summed E-state index contributed by atoms with van der Waals surface area (Å²) in [4.78, 5) is 21.7. The summed E-state index contributed by atoms with van der Waals surface area (Å²) in [6, 6.07) is 20.2. The van der Waals surface area contributed by atoms with Crippen molar-refractivity contribution in [1.29, 1.82) is 0 Å². The Morgan fingerprint density at radius 1 is 1.03 bits per heavy atom. The molecule has 0 aliphatic carbocycles. The van der Waals surface area contributed by atoms with E-state index in [0.29, 0.717) is 34.1 Å². The van der Waals surface area contributed by atoms with E-state index in [1.165, 1.54) is 23.1 Å². The van der Waals surface area contributed by atoms with E-state index in [4.69, 9.17) is 16.6 Å². The van der Waals surface area contributed by atoms with E-state index in [9.17, 15) is 9.18 Å². The van der Waals surface area contributed by atoms with Gasteiger partial charge in [0.1, 0.15) is 18.0 Å². The lowest BCUT2D eigenvalue weighted by Crippen LogP contribution is -2.27. The predicted octanol–water partition coefficient (Wildman–Crippen LogP) is 5.75. The fourth-order valence-corrected chi connectivity index (χ4v) is 4.99. The number of fused-ring (bicyclic) bond motifs is 1. The molecule has 3 aromatic heterocycles. The van der Waals surface area contributed by atoms with Crippen LogP contribution in [0.5, 0.6) is 0 Å². The molecular weight excluding hydrogens is 573 g/mol. The van der Waals surface area contributed by atoms with Crippen LogP contribution in [0.3, 0.4) is 0 Å². The zero-order valence-corrected chi connectivity index (χ0v) is 21.9. The SMILES string of the molecule is O=c1cc(-c2cc(Cl)ccc2-n2cnnn2)ccn1[C@@H](Cc1ccc(F)cc1)c1nc2ccc(Br)cc2[nH]1. The van der Waals surface area contributed by atoms with Gasteiger partial charge in [0.25, 0.3) is 5.56 Å². The molecule has 6 aromatic rings. The van der Waals surface area contributed by atoms with Crippen LogP contribution in [0.2, 0.25) is 5.02 Å². The van der Waals surface area contributed by atoms with Gasteiger partial charge in [0.05, 0.1) is 22.8 Å². The number of benzene rings is 3. The Labute approximate surface area is 228 Å². The molecule has 0 unspecified atom stereocenters. The monoisotopic (exact) mass is 589 g/mol. The lowest BCUT2D eigenvalue weighted by Gasteiger charge is -2.19. The van der Waals surface area contributed by atoms with Crippen molar-refractivity contribution < 1.29 is 4.39 Å². The lowest BCUT2D eigenvalue weighted by molar-refractivity contribution is 0.537. The lowest BCUT2D eigenvalue weighted by atomic mass is 10.0. The van der Waals surface area contributed by atoms with Gasteiger partial charge in [0.15, 0.2) is 0 Å². The number of rotatable bonds is 6. The Morgan fingerprint density at radius 2 is 1.87 bits per heavy atom. The van der Waals surface area contributed by atoms with Crippen LogP contribution in [0.1, 0.15) is 17.4 Å². The molecule has 0 fully saturated rings. The highest BCUT2D eigenvalue weighted by Crippen LogP contribution is 2.30. The maximum absolute atomic E-state index is 13.6. The van der Waals surface area contributed by atoms with Gasteiger partial charge >= 0.3 is 0 Å². The third-order valence-electron chi connectivity index (χ3n) is 6.27. The van der Waals surface area contributed by atoms with Crippen LogP contribution in [-0.4, -0.2) is 34.7 Å². The molecule has 6 rings (SSSR count). The first-order chi connectivity index (χ1) is 18.4. The highest BCUT2D eigenvalue weighted by atomic mass is 79.9. The summed E-state index contributed by atoms with van der Waals surface area (Å²) in [5.74, 6) is 0.301. The zero-order chi connectivity index (χ0) is 26.2. The predicted molar refractivity (Wildman–Crippen MR) is 146 cm³/mol. The summed E-state index contributed by atoms with van der Waals surface area (Å²) in [6.07, 6.45) is 3.64. The van der Waals surface area contributed by atoms with Crippen molar-refractivity contribution in [1.82, 2.24) is 34.7 Å². The number of pyridine rings is 1. The average Bonchev–Trinajstić information content (AvgIpc) is 3.59. The fourth-order valence-electron chi connectivity index (χ4n) is 4.46. The Balaban J connectivity index is 1.45. The van der Waals surface area contributed by atoms with Crippen molar-refractivity contribution in [3.05, 3.63) is 122 Å². The normalized spacial score (nSPS) is 12.2. The number of H-pyrrole nitrogens is 1. The molecule has 1 N–H and O–H groups in total. The van der Waals surface area contributed by atoms with E-state index in [-0.39, 0.29) is 11.4 Å². The standard InChI is InChI=1S/C27H18BrClFN7O/c28-18-3-7-22-23(13-18)33-27(32-22)25(11-16-1-5-20(30)6-2-16)36-10-9-17(12-26(36)38)21-14-19(29)4-8-24(21)37-15-31-34-35-37/h1-10,12-15,25H,11H2,(H,32,33)/t25-/m0/s1. The first-order valence-corrected chi connectivity index (χ1v) is 12.8. The number of tetrazole rings is 1. The van der Waals surface area contributed by atoms with Gasteiger partial charge in [0, 0.05) is 33.7 Å². The molecule has 1 atom stereocenters. The molecule has 8 nitrogen and oxygen atoms in total. The highest BCUT2D eigenvalue weighted by Gasteiger charge is 2.21. The van der Waals surface area contributed by atoms with Crippen LogP contribution < -0.4 is 5.56 Å². The molecule has 0 saturated carbocycles. The molecule has 0 amide bonds. The molecule has 3 heterocycles. The van der Waals surface area contributed by atoms with Gasteiger partial charge < -0.3 is 9.55 Å². The number of halogens is 3. The van der Waals surface area contributed by atoms with Gasteiger partial charge in [-0.3, -0.25) is 4.79 Å². The Hall–Kier alpha value is -4.15. The van der Waals surface area contributed by atoms with Crippen molar-refractivity contribution >= 4 is 38.6 Å². The molecule has 0 radical (unpaired) electrons. The second-order valence-corrected chi connectivity index (χ2v) is 10.1. The summed E-state index contributed by atoms with van der Waals surface area (Å²) in [6.45, 7) is 0. The minimum atomic E-state index is -0.466. The second-order valence-electron chi connectivity index (χ2n) is 8.71. The molecule has 11 heteroatoms. The number of nitrogens with zero attached hydrogens (tertiary/aromatic N) is 6. The maximum atomic E-state index is 13.6. The first-order valence-electron chi connectivity index (χ1n) is 11.6. The van der Waals surface area contributed by atoms with Crippen LogP contribution >= 0.6 is 27.5 Å². The van der Waals surface area contributed by atoms with E-state index < -0.39 is 6.04 Å². The number of aromatic nitrogens is 7. The molecule has 0 aliphatic heterocycles. The summed E-state index contributed by atoms with van der Waals surface area (Å²) < 4.78 is 17.6. The number of imidazole rings is 1. The van der Waals surface area contributed by atoms with E-state index in [2.05, 4.69) is 36.4 Å². The minimum absolute atomic E-state index is 0.237. The van der Waals surface area contributed by atoms with Gasteiger partial charge in [-0.1, -0.05) is 39.7 Å². The number of aromatic amines is 1. The second kappa shape index (κ2) is 9.96. The molecule has 38 heavy (non-hydrogen) atoms. The highest BCUT2D eigenvalue weighted by molar-refractivity contribution is 9.10. The minimum Gasteiger partial charge on any atom is -0.340 e. The molecule has 0 bridgehead atoms. The summed E-state index contributed by atoms with van der Waals surface area (Å²) in [7, 11) is 0. The van der Waals surface area contributed by atoms with Crippen molar-refractivity contribution in [2.24, 2.45) is 0 Å². The van der Waals surface area contributed by atoms with Gasteiger partial charge in [-0.15, -0.1) is 5.10 Å². The average molecular weight is 591 g/mol. The van der Waals surface area contributed by atoms with Crippen LogP contribution in [0, 0.1) is 5.82 Å². The molecule has 3 aromatic carbocycles. The quantitative estimate of drug-likeness (QED) is 0.266. The number of hydrogen-bond donors (Lipinski definition) is 1. The van der Waals surface area contributed by atoms with Gasteiger partial charge in [-0.05, 0) is 76.2 Å². The third kappa shape index (κ3) is 4.75. The summed E-state index contributed by atoms with van der Waals surface area (Å²) in [5.41, 5.74) is 4.30. The van der Waals surface area contributed by atoms with Gasteiger partial charge in [-0.25, -0.2) is 9.37 Å². The zero-order valence-electron chi connectivity index (χ0n) is 19.6. The van der Waals surface area contributed by atoms with Crippen LogP contribution in [-0.2, 0) is 6.42 Å². The van der Waals surface area contributed by atoms with E-state index in [1.807, 2.05) is 24.3 Å². The van der Waals surface area contributed by atoms with Crippen molar-refractivity contribution in [3.8, 4) is 16.8 Å².